The van der Waals surface area contributed by atoms with Crippen LogP contribution in [0.25, 0.3) is 0 Å². The number of nitrogens with zero attached hydrogens (tertiary/aromatic N) is 1. The average molecular weight is 205 g/mol. The Kier molecular flexibility index (Phi) is 5.52. The molecule has 0 radical (unpaired) electrons. The van der Waals surface area contributed by atoms with Crippen molar-refractivity contribution < 1.29 is 13.8 Å². The summed E-state index contributed by atoms with van der Waals surface area (Å²) in [5.41, 5.74) is 0. The zero-order chi connectivity index (χ0) is 10.3. The van der Waals surface area contributed by atoms with Crippen LogP contribution in [-0.4, -0.2) is 33.2 Å². The molecule has 0 aromatic carbocycles. The minimum Gasteiger partial charge on any atom is -0.391 e. The maximum Gasteiger partial charge on any atom is 0.332 e. The lowest BCUT2D eigenvalue weighted by molar-refractivity contribution is -0.482. The van der Waals surface area contributed by atoms with Gasteiger partial charge in [0.2, 0.25) is 6.54 Å². The Labute approximate surface area is 78.7 Å². The largest absolute Gasteiger partial charge is 0.391 e. The van der Waals surface area contributed by atoms with Crippen LogP contribution in [0.5, 0.6) is 0 Å². The Morgan fingerprint density at radius 2 is 2.15 bits per heavy atom. The van der Waals surface area contributed by atoms with Gasteiger partial charge in [-0.1, -0.05) is 6.08 Å². The second-order valence-corrected chi connectivity index (χ2v) is 6.28. The average Bonchev–Trinajstić information content (AvgIpc) is 2.00. The smallest absolute Gasteiger partial charge is 0.332 e. The van der Waals surface area contributed by atoms with Crippen LogP contribution < -0.4 is 0 Å². The van der Waals surface area contributed by atoms with Gasteiger partial charge in [-0.2, -0.15) is 0 Å². The summed E-state index contributed by atoms with van der Waals surface area (Å²) in [5.74, 6) is 0. The van der Waals surface area contributed by atoms with E-state index in [2.05, 4.69) is 6.58 Å². The predicted octanol–water partition coefficient (Wildman–Crippen LogP) is 1.18. The van der Waals surface area contributed by atoms with Gasteiger partial charge in [0.25, 0.3) is 0 Å². The molecule has 0 aromatic rings. The molecule has 0 aliphatic carbocycles. The van der Waals surface area contributed by atoms with Gasteiger partial charge in [-0.25, -0.2) is 0 Å². The van der Waals surface area contributed by atoms with Crippen LogP contribution in [-0.2, 0) is 8.85 Å². The van der Waals surface area contributed by atoms with Crippen molar-refractivity contribution in [2.75, 3.05) is 19.8 Å². The summed E-state index contributed by atoms with van der Waals surface area (Å²) in [6.45, 7) is 7.56. The number of rotatable bonds is 7. The minimum absolute atomic E-state index is 0.114. The van der Waals surface area contributed by atoms with Crippen LogP contribution in [0, 0.1) is 10.1 Å². The van der Waals surface area contributed by atoms with Crippen molar-refractivity contribution in [3.8, 4) is 0 Å². The van der Waals surface area contributed by atoms with E-state index in [-0.39, 0.29) is 13.2 Å². The molecule has 0 aliphatic heterocycles. The third-order valence-electron chi connectivity index (χ3n) is 1.27. The van der Waals surface area contributed by atoms with Gasteiger partial charge in [0.1, 0.15) is 6.61 Å². The number of nitro groups is 1. The first kappa shape index (κ1) is 12.3. The molecule has 0 unspecified atom stereocenters. The molecule has 0 heterocycles. The Morgan fingerprint density at radius 1 is 1.54 bits per heavy atom. The lowest BCUT2D eigenvalue weighted by Crippen LogP contribution is -2.36. The Hall–Kier alpha value is -0.723. The van der Waals surface area contributed by atoms with Gasteiger partial charge in [0.05, 0.1) is 6.61 Å². The Balaban J connectivity index is 3.61. The van der Waals surface area contributed by atoms with Gasteiger partial charge in [0, 0.05) is 4.92 Å². The van der Waals surface area contributed by atoms with E-state index in [1.165, 1.54) is 0 Å². The summed E-state index contributed by atoms with van der Waals surface area (Å²) in [4.78, 5) is 9.58. The van der Waals surface area contributed by atoms with Crippen LogP contribution in [0.15, 0.2) is 12.7 Å². The molecule has 0 amide bonds. The quantitative estimate of drug-likeness (QED) is 0.271. The fourth-order valence-corrected chi connectivity index (χ4v) is 1.85. The minimum atomic E-state index is -2.17. The van der Waals surface area contributed by atoms with E-state index in [0.29, 0.717) is 6.61 Å². The molecular formula is C7H15NO4Si. The maximum atomic E-state index is 9.98. The van der Waals surface area contributed by atoms with Gasteiger partial charge < -0.3 is 8.85 Å². The van der Waals surface area contributed by atoms with E-state index in [4.69, 9.17) is 8.85 Å². The first-order chi connectivity index (χ1) is 5.98. The zero-order valence-corrected chi connectivity index (χ0v) is 8.99. The standard InChI is InChI=1S/C7H15NO4Si/c1-4-6-11-13(2,3)12-7-5-8(9)10/h4H,1,5-7H2,2-3H3. The Morgan fingerprint density at radius 3 is 2.62 bits per heavy atom. The van der Waals surface area contributed by atoms with Gasteiger partial charge in [-0.3, -0.25) is 10.1 Å². The molecule has 5 nitrogen and oxygen atoms in total. The van der Waals surface area contributed by atoms with E-state index in [1.807, 2.05) is 13.1 Å². The van der Waals surface area contributed by atoms with Gasteiger partial charge in [0.15, 0.2) is 0 Å². The topological polar surface area (TPSA) is 61.6 Å². The van der Waals surface area contributed by atoms with E-state index in [9.17, 15) is 10.1 Å². The summed E-state index contributed by atoms with van der Waals surface area (Å²) in [6, 6.07) is 0. The van der Waals surface area contributed by atoms with Crippen LogP contribution in [0.3, 0.4) is 0 Å². The van der Waals surface area contributed by atoms with Crippen LogP contribution in [0.1, 0.15) is 0 Å². The van der Waals surface area contributed by atoms with Crippen molar-refractivity contribution in [3.05, 3.63) is 22.8 Å². The lowest BCUT2D eigenvalue weighted by atomic mass is 10.7. The fourth-order valence-electron chi connectivity index (χ4n) is 0.667. The highest BCUT2D eigenvalue weighted by Gasteiger charge is 2.24. The molecule has 0 atom stereocenters. The van der Waals surface area contributed by atoms with Crippen molar-refractivity contribution in [1.29, 1.82) is 0 Å². The van der Waals surface area contributed by atoms with E-state index < -0.39 is 13.5 Å². The SMILES string of the molecule is C=CCO[Si](C)(C)OCC[N+](=O)[O-]. The highest BCUT2D eigenvalue weighted by atomic mass is 28.4. The normalized spacial score (nSPS) is 11.2. The molecule has 0 bridgehead atoms. The van der Waals surface area contributed by atoms with Gasteiger partial charge in [-0.05, 0) is 13.1 Å². The van der Waals surface area contributed by atoms with E-state index in [1.54, 1.807) is 6.08 Å². The monoisotopic (exact) mass is 205 g/mol. The van der Waals surface area contributed by atoms with Gasteiger partial charge in [-0.15, -0.1) is 6.58 Å². The number of hydrogen-bond donors (Lipinski definition) is 0. The molecule has 0 aromatic heterocycles. The summed E-state index contributed by atoms with van der Waals surface area (Å²) in [7, 11) is -2.17. The van der Waals surface area contributed by atoms with Crippen molar-refractivity contribution in [2.45, 2.75) is 13.1 Å². The van der Waals surface area contributed by atoms with Crippen molar-refractivity contribution in [3.63, 3.8) is 0 Å². The molecule has 76 valence electrons. The molecule has 0 saturated carbocycles. The Bertz CT molecular complexity index is 183. The molecule has 0 fully saturated rings. The predicted molar refractivity (Wildman–Crippen MR) is 51.4 cm³/mol. The third kappa shape index (κ3) is 7.63. The highest BCUT2D eigenvalue weighted by Crippen LogP contribution is 2.05. The molecule has 0 saturated heterocycles. The molecule has 13 heavy (non-hydrogen) atoms. The summed E-state index contributed by atoms with van der Waals surface area (Å²) in [6.07, 6.45) is 1.63. The summed E-state index contributed by atoms with van der Waals surface area (Å²) >= 11 is 0. The first-order valence-corrected chi connectivity index (χ1v) is 6.80. The highest BCUT2D eigenvalue weighted by molar-refractivity contribution is 6.64. The second kappa shape index (κ2) is 5.84. The molecule has 0 aliphatic rings. The van der Waals surface area contributed by atoms with Crippen molar-refractivity contribution in [1.82, 2.24) is 0 Å². The maximum absolute atomic E-state index is 9.98. The van der Waals surface area contributed by atoms with Crippen LogP contribution >= 0.6 is 0 Å². The van der Waals surface area contributed by atoms with Crippen molar-refractivity contribution >= 4 is 8.56 Å². The number of hydrogen-bond acceptors (Lipinski definition) is 4. The molecule has 6 heteroatoms. The van der Waals surface area contributed by atoms with E-state index in [0.717, 1.165) is 0 Å². The molecular weight excluding hydrogens is 190 g/mol. The molecule has 0 N–H and O–H groups in total. The molecule has 0 spiro atoms. The van der Waals surface area contributed by atoms with Crippen LogP contribution in [0.2, 0.25) is 13.1 Å². The lowest BCUT2D eigenvalue weighted by Gasteiger charge is -2.20. The summed E-state index contributed by atoms with van der Waals surface area (Å²) in [5, 5.41) is 9.98. The summed E-state index contributed by atoms with van der Waals surface area (Å²) < 4.78 is 10.6. The second-order valence-electron chi connectivity index (χ2n) is 2.90. The van der Waals surface area contributed by atoms with Crippen LogP contribution in [0.4, 0.5) is 0 Å². The third-order valence-corrected chi connectivity index (χ3v) is 3.03. The van der Waals surface area contributed by atoms with E-state index >= 15 is 0 Å². The molecule has 0 rings (SSSR count). The zero-order valence-electron chi connectivity index (χ0n) is 7.99. The first-order valence-electron chi connectivity index (χ1n) is 3.98. The van der Waals surface area contributed by atoms with Crippen molar-refractivity contribution in [2.24, 2.45) is 0 Å². The fraction of sp³-hybridized carbons (Fsp3) is 0.714. The van der Waals surface area contributed by atoms with Gasteiger partial charge >= 0.3 is 8.56 Å².